The molecule has 0 unspecified atom stereocenters. The fourth-order valence-corrected chi connectivity index (χ4v) is 3.09. The zero-order valence-corrected chi connectivity index (χ0v) is 13.4. The number of phenolic OH excluding ortho intramolecular Hbond substituents is 1. The third kappa shape index (κ3) is 4.05. The predicted octanol–water partition coefficient (Wildman–Crippen LogP) is 2.76. The predicted molar refractivity (Wildman–Crippen MR) is 80.2 cm³/mol. The van der Waals surface area contributed by atoms with Crippen LogP contribution in [-0.2, 0) is 0 Å². The Bertz CT molecular complexity index is 482. The summed E-state index contributed by atoms with van der Waals surface area (Å²) in [6, 6.07) is 2.78. The van der Waals surface area contributed by atoms with Gasteiger partial charge in [-0.15, -0.1) is 0 Å². The van der Waals surface area contributed by atoms with Crippen molar-refractivity contribution in [1.29, 1.82) is 0 Å². The van der Waals surface area contributed by atoms with Gasteiger partial charge in [-0.05, 0) is 12.1 Å². The van der Waals surface area contributed by atoms with Gasteiger partial charge in [0.25, 0.3) is 0 Å². The first-order chi connectivity index (χ1) is 10.0. The number of alkyl halides is 2. The summed E-state index contributed by atoms with van der Waals surface area (Å²) < 4.78 is 31.8. The molecule has 1 aliphatic heterocycles. The highest BCUT2D eigenvalue weighted by molar-refractivity contribution is 9.10. The molecular weight excluding hydrogens is 346 g/mol. The Kier molecular flexibility index (Phi) is 5.78. The summed E-state index contributed by atoms with van der Waals surface area (Å²) in [5.41, 5.74) is 0.475. The molecule has 1 fully saturated rings. The van der Waals surface area contributed by atoms with Crippen LogP contribution >= 0.6 is 15.9 Å². The third-order valence-electron chi connectivity index (χ3n) is 3.64. The van der Waals surface area contributed by atoms with Gasteiger partial charge in [-0.1, -0.05) is 15.9 Å². The van der Waals surface area contributed by atoms with Gasteiger partial charge in [0.2, 0.25) is 6.43 Å². The van der Waals surface area contributed by atoms with Crippen molar-refractivity contribution in [2.24, 2.45) is 0 Å². The van der Waals surface area contributed by atoms with Crippen LogP contribution in [0.25, 0.3) is 0 Å². The number of phenols is 1. The summed E-state index contributed by atoms with van der Waals surface area (Å²) in [7, 11) is 1.44. The molecule has 1 atom stereocenters. The lowest BCUT2D eigenvalue weighted by molar-refractivity contribution is 0.0728. The van der Waals surface area contributed by atoms with Gasteiger partial charge in [0.1, 0.15) is 0 Å². The first kappa shape index (κ1) is 16.5. The average molecular weight is 365 g/mol. The molecule has 0 saturated carbocycles. The number of nitrogens with zero attached hydrogens (tertiary/aromatic N) is 1. The van der Waals surface area contributed by atoms with Crippen LogP contribution < -0.4 is 10.1 Å². The second-order valence-corrected chi connectivity index (χ2v) is 5.89. The highest BCUT2D eigenvalue weighted by atomic mass is 79.9. The molecule has 1 aromatic carbocycles. The van der Waals surface area contributed by atoms with Crippen LogP contribution in [0.4, 0.5) is 8.78 Å². The smallest absolute Gasteiger partial charge is 0.240 e. The molecule has 21 heavy (non-hydrogen) atoms. The molecule has 118 valence electrons. The van der Waals surface area contributed by atoms with E-state index in [-0.39, 0.29) is 17.9 Å². The molecule has 2 rings (SSSR count). The van der Waals surface area contributed by atoms with E-state index < -0.39 is 12.5 Å². The highest BCUT2D eigenvalue weighted by Crippen LogP contribution is 2.41. The number of nitrogens with one attached hydrogen (secondary N) is 1. The fourth-order valence-electron chi connectivity index (χ4n) is 2.64. The van der Waals surface area contributed by atoms with Gasteiger partial charge in [-0.3, -0.25) is 4.90 Å². The van der Waals surface area contributed by atoms with Gasteiger partial charge < -0.3 is 15.2 Å². The molecule has 1 saturated heterocycles. The van der Waals surface area contributed by atoms with E-state index in [2.05, 4.69) is 21.2 Å². The van der Waals surface area contributed by atoms with Crippen LogP contribution in [0.15, 0.2) is 16.6 Å². The molecule has 0 aromatic heterocycles. The molecule has 0 bridgehead atoms. The van der Waals surface area contributed by atoms with E-state index in [0.717, 1.165) is 13.1 Å². The number of piperazine rings is 1. The van der Waals surface area contributed by atoms with Crippen molar-refractivity contribution in [3.63, 3.8) is 0 Å². The summed E-state index contributed by atoms with van der Waals surface area (Å²) >= 11 is 3.34. The Morgan fingerprint density at radius 2 is 2.05 bits per heavy atom. The third-order valence-corrected chi connectivity index (χ3v) is 4.10. The lowest BCUT2D eigenvalue weighted by Gasteiger charge is -2.35. The first-order valence-corrected chi connectivity index (χ1v) is 7.61. The molecule has 1 heterocycles. The van der Waals surface area contributed by atoms with Gasteiger partial charge >= 0.3 is 0 Å². The van der Waals surface area contributed by atoms with Crippen LogP contribution in [0.2, 0.25) is 0 Å². The maximum Gasteiger partial charge on any atom is 0.240 e. The number of benzene rings is 1. The van der Waals surface area contributed by atoms with E-state index in [1.54, 1.807) is 12.1 Å². The van der Waals surface area contributed by atoms with Crippen LogP contribution in [0.5, 0.6) is 11.5 Å². The van der Waals surface area contributed by atoms with Crippen molar-refractivity contribution in [3.8, 4) is 11.5 Å². The SMILES string of the molecule is COc1cc(Br)cc([C@H](CC(F)F)N2CCNCC2)c1O. The highest BCUT2D eigenvalue weighted by Gasteiger charge is 2.29. The Hall–Kier alpha value is -0.920. The Morgan fingerprint density at radius 1 is 1.38 bits per heavy atom. The van der Waals surface area contributed by atoms with E-state index in [1.165, 1.54) is 7.11 Å². The maximum atomic E-state index is 13.0. The van der Waals surface area contributed by atoms with E-state index in [9.17, 15) is 13.9 Å². The quantitative estimate of drug-likeness (QED) is 0.843. The van der Waals surface area contributed by atoms with Gasteiger partial charge in [0.15, 0.2) is 11.5 Å². The topological polar surface area (TPSA) is 44.7 Å². The number of ether oxygens (including phenoxy) is 1. The normalized spacial score (nSPS) is 18.0. The molecule has 4 nitrogen and oxygen atoms in total. The van der Waals surface area contributed by atoms with Gasteiger partial charge in [-0.25, -0.2) is 8.78 Å². The van der Waals surface area contributed by atoms with Crippen LogP contribution in [0.3, 0.4) is 0 Å². The maximum absolute atomic E-state index is 13.0. The molecule has 0 aliphatic carbocycles. The summed E-state index contributed by atoms with van der Waals surface area (Å²) in [6.07, 6.45) is -2.75. The number of hydrogen-bond donors (Lipinski definition) is 2. The van der Waals surface area contributed by atoms with Crippen LogP contribution in [0.1, 0.15) is 18.0 Å². The molecular formula is C14H19BrF2N2O2. The Labute approximate surface area is 131 Å². The number of halogens is 3. The second-order valence-electron chi connectivity index (χ2n) is 4.97. The molecule has 0 spiro atoms. The number of rotatable bonds is 5. The van der Waals surface area contributed by atoms with Crippen molar-refractivity contribution in [2.45, 2.75) is 18.9 Å². The largest absolute Gasteiger partial charge is 0.504 e. The summed E-state index contributed by atoms with van der Waals surface area (Å²) in [4.78, 5) is 1.98. The minimum Gasteiger partial charge on any atom is -0.504 e. The Morgan fingerprint density at radius 3 is 2.62 bits per heavy atom. The number of aromatic hydroxyl groups is 1. The molecule has 0 radical (unpaired) electrons. The standard InChI is InChI=1S/C14H19BrF2N2O2/c1-21-12-7-9(15)6-10(14(12)20)11(8-13(16)17)19-4-2-18-3-5-19/h6-7,11,13,18,20H,2-5,8H2,1H3/t11-/m0/s1. The summed E-state index contributed by atoms with van der Waals surface area (Å²) in [6.45, 7) is 2.86. The molecule has 0 amide bonds. The minimum absolute atomic E-state index is 0.0649. The van der Waals surface area contributed by atoms with Crippen molar-refractivity contribution in [2.75, 3.05) is 33.3 Å². The van der Waals surface area contributed by atoms with Gasteiger partial charge in [-0.2, -0.15) is 0 Å². The van der Waals surface area contributed by atoms with E-state index >= 15 is 0 Å². The van der Waals surface area contributed by atoms with E-state index in [0.29, 0.717) is 23.1 Å². The number of hydrogen-bond acceptors (Lipinski definition) is 4. The molecule has 1 aromatic rings. The zero-order valence-electron chi connectivity index (χ0n) is 11.8. The van der Waals surface area contributed by atoms with E-state index in [1.807, 2.05) is 4.90 Å². The van der Waals surface area contributed by atoms with Crippen molar-refractivity contribution in [3.05, 3.63) is 22.2 Å². The van der Waals surface area contributed by atoms with Crippen LogP contribution in [-0.4, -0.2) is 49.7 Å². The fraction of sp³-hybridized carbons (Fsp3) is 0.571. The van der Waals surface area contributed by atoms with Crippen molar-refractivity contribution in [1.82, 2.24) is 10.2 Å². The van der Waals surface area contributed by atoms with Crippen LogP contribution in [0, 0.1) is 0 Å². The van der Waals surface area contributed by atoms with E-state index in [4.69, 9.17) is 4.74 Å². The average Bonchev–Trinajstić information content (AvgIpc) is 2.47. The second kappa shape index (κ2) is 7.38. The molecule has 2 N–H and O–H groups in total. The minimum atomic E-state index is -2.44. The molecule has 7 heteroatoms. The summed E-state index contributed by atoms with van der Waals surface area (Å²) in [5, 5.41) is 13.5. The molecule has 1 aliphatic rings. The van der Waals surface area contributed by atoms with Gasteiger partial charge in [0, 0.05) is 48.7 Å². The summed E-state index contributed by atoms with van der Waals surface area (Å²) in [5.74, 6) is 0.221. The number of methoxy groups -OCH3 is 1. The lowest BCUT2D eigenvalue weighted by Crippen LogP contribution is -2.45. The van der Waals surface area contributed by atoms with Crippen molar-refractivity contribution < 1.29 is 18.6 Å². The van der Waals surface area contributed by atoms with Gasteiger partial charge in [0.05, 0.1) is 7.11 Å². The van der Waals surface area contributed by atoms with Crippen molar-refractivity contribution >= 4 is 15.9 Å². The zero-order chi connectivity index (χ0) is 15.4. The monoisotopic (exact) mass is 364 g/mol. The Balaban J connectivity index is 2.37. The first-order valence-electron chi connectivity index (χ1n) is 6.82. The lowest BCUT2D eigenvalue weighted by atomic mass is 9.99.